The number of para-hydroxylation sites is 2. The van der Waals surface area contributed by atoms with Gasteiger partial charge in [-0.3, -0.25) is 4.79 Å². The van der Waals surface area contributed by atoms with Crippen LogP contribution in [0.1, 0.15) is 10.4 Å². The summed E-state index contributed by atoms with van der Waals surface area (Å²) in [6, 6.07) is 31.8. The first kappa shape index (κ1) is 16.3. The molecule has 0 aliphatic rings. The largest absolute Gasteiger partial charge is 0.355 e. The number of anilines is 1. The number of H-pyrrole nitrogens is 1. The second kappa shape index (κ2) is 6.71. The standard InChI is InChI=1S/C25H18N2O/c28-25(17-8-2-1-3-9-17)27-22-12-6-4-10-19(22)18-14-15-24-21(16-18)20-11-5-7-13-23(20)26-24/h1-16,26H,(H,27,28). The van der Waals surface area contributed by atoms with Gasteiger partial charge in [0.2, 0.25) is 0 Å². The highest BCUT2D eigenvalue weighted by Crippen LogP contribution is 2.33. The van der Waals surface area contributed by atoms with Gasteiger partial charge in [0.25, 0.3) is 5.91 Å². The number of hydrogen-bond donors (Lipinski definition) is 2. The minimum Gasteiger partial charge on any atom is -0.355 e. The molecule has 0 unspecified atom stereocenters. The van der Waals surface area contributed by atoms with E-state index in [9.17, 15) is 4.79 Å². The third-order valence-electron chi connectivity index (χ3n) is 5.03. The predicted molar refractivity (Wildman–Crippen MR) is 116 cm³/mol. The van der Waals surface area contributed by atoms with Gasteiger partial charge < -0.3 is 10.3 Å². The van der Waals surface area contributed by atoms with Crippen LogP contribution in [0.3, 0.4) is 0 Å². The third kappa shape index (κ3) is 2.83. The van der Waals surface area contributed by atoms with E-state index in [1.807, 2.05) is 60.7 Å². The zero-order chi connectivity index (χ0) is 18.9. The van der Waals surface area contributed by atoms with Gasteiger partial charge in [0, 0.05) is 38.6 Å². The maximum Gasteiger partial charge on any atom is 0.255 e. The number of carbonyl (C=O) groups is 1. The zero-order valence-electron chi connectivity index (χ0n) is 15.1. The molecule has 1 heterocycles. The molecular weight excluding hydrogens is 344 g/mol. The van der Waals surface area contributed by atoms with E-state index in [1.54, 1.807) is 0 Å². The van der Waals surface area contributed by atoms with Gasteiger partial charge in [0.1, 0.15) is 0 Å². The van der Waals surface area contributed by atoms with Crippen molar-refractivity contribution in [2.24, 2.45) is 0 Å². The van der Waals surface area contributed by atoms with Crippen molar-refractivity contribution < 1.29 is 4.79 Å². The molecule has 0 atom stereocenters. The van der Waals surface area contributed by atoms with Crippen LogP contribution in [0.25, 0.3) is 32.9 Å². The Bertz CT molecular complexity index is 1300. The lowest BCUT2D eigenvalue weighted by atomic mass is 10.0. The molecule has 1 amide bonds. The van der Waals surface area contributed by atoms with E-state index in [1.165, 1.54) is 10.8 Å². The fourth-order valence-corrected chi connectivity index (χ4v) is 3.64. The number of aromatic amines is 1. The number of benzene rings is 4. The highest BCUT2D eigenvalue weighted by Gasteiger charge is 2.11. The average Bonchev–Trinajstić information content (AvgIpc) is 3.13. The predicted octanol–water partition coefficient (Wildman–Crippen LogP) is 6.24. The summed E-state index contributed by atoms with van der Waals surface area (Å²) < 4.78 is 0. The van der Waals surface area contributed by atoms with Crippen molar-refractivity contribution in [3.8, 4) is 11.1 Å². The second-order valence-corrected chi connectivity index (χ2v) is 6.80. The van der Waals surface area contributed by atoms with Gasteiger partial charge in [-0.2, -0.15) is 0 Å². The Labute approximate surface area is 162 Å². The molecular formula is C25H18N2O. The van der Waals surface area contributed by atoms with Gasteiger partial charge in [-0.25, -0.2) is 0 Å². The summed E-state index contributed by atoms with van der Waals surface area (Å²) in [5.74, 6) is -0.110. The number of aromatic nitrogens is 1. The SMILES string of the molecule is O=C(Nc1ccccc1-c1ccc2[nH]c3ccccc3c2c1)c1ccccc1. The van der Waals surface area contributed by atoms with Gasteiger partial charge >= 0.3 is 0 Å². The number of carbonyl (C=O) groups excluding carboxylic acids is 1. The molecule has 3 nitrogen and oxygen atoms in total. The Balaban J connectivity index is 1.58. The maximum absolute atomic E-state index is 12.6. The van der Waals surface area contributed by atoms with Crippen LogP contribution >= 0.6 is 0 Å². The van der Waals surface area contributed by atoms with Gasteiger partial charge in [-0.05, 0) is 42.0 Å². The number of hydrogen-bond acceptors (Lipinski definition) is 1. The second-order valence-electron chi connectivity index (χ2n) is 6.80. The van der Waals surface area contributed by atoms with Crippen LogP contribution in [0, 0.1) is 0 Å². The van der Waals surface area contributed by atoms with Gasteiger partial charge in [0.15, 0.2) is 0 Å². The fraction of sp³-hybridized carbons (Fsp3) is 0. The van der Waals surface area contributed by atoms with Gasteiger partial charge in [0.05, 0.1) is 0 Å². The molecule has 1 aromatic heterocycles. The summed E-state index contributed by atoms with van der Waals surface area (Å²) in [5.41, 5.74) is 5.75. The molecule has 3 heteroatoms. The number of rotatable bonds is 3. The summed E-state index contributed by atoms with van der Waals surface area (Å²) in [6.45, 7) is 0. The van der Waals surface area contributed by atoms with Crippen molar-refractivity contribution in [3.05, 3.63) is 103 Å². The topological polar surface area (TPSA) is 44.9 Å². The molecule has 28 heavy (non-hydrogen) atoms. The highest BCUT2D eigenvalue weighted by molar-refractivity contribution is 6.10. The van der Waals surface area contributed by atoms with Crippen LogP contribution in [0.4, 0.5) is 5.69 Å². The molecule has 5 rings (SSSR count). The molecule has 0 aliphatic carbocycles. The molecule has 0 spiro atoms. The van der Waals surface area contributed by atoms with E-state index in [0.717, 1.165) is 27.8 Å². The monoisotopic (exact) mass is 362 g/mol. The average molecular weight is 362 g/mol. The van der Waals surface area contributed by atoms with E-state index in [-0.39, 0.29) is 5.91 Å². The molecule has 4 aromatic carbocycles. The molecule has 2 N–H and O–H groups in total. The van der Waals surface area contributed by atoms with Crippen molar-refractivity contribution in [3.63, 3.8) is 0 Å². The van der Waals surface area contributed by atoms with E-state index in [0.29, 0.717) is 5.56 Å². The summed E-state index contributed by atoms with van der Waals surface area (Å²) in [5, 5.41) is 5.43. The normalized spacial score (nSPS) is 11.0. The Morgan fingerprint density at radius 1 is 0.679 bits per heavy atom. The van der Waals surface area contributed by atoms with Crippen LogP contribution < -0.4 is 5.32 Å². The van der Waals surface area contributed by atoms with Crippen molar-refractivity contribution in [2.45, 2.75) is 0 Å². The first-order valence-electron chi connectivity index (χ1n) is 9.26. The minimum absolute atomic E-state index is 0.110. The molecule has 134 valence electrons. The Morgan fingerprint density at radius 3 is 2.29 bits per heavy atom. The third-order valence-corrected chi connectivity index (χ3v) is 5.03. The van der Waals surface area contributed by atoms with Crippen LogP contribution in [-0.4, -0.2) is 10.9 Å². The number of nitrogens with one attached hydrogen (secondary N) is 2. The van der Waals surface area contributed by atoms with Crippen LogP contribution in [0.5, 0.6) is 0 Å². The van der Waals surface area contributed by atoms with Crippen molar-refractivity contribution in [1.29, 1.82) is 0 Å². The zero-order valence-corrected chi connectivity index (χ0v) is 15.1. The van der Waals surface area contributed by atoms with Crippen LogP contribution in [-0.2, 0) is 0 Å². The molecule has 5 aromatic rings. The molecule has 0 aliphatic heterocycles. The number of fused-ring (bicyclic) bond motifs is 3. The van der Waals surface area contributed by atoms with Crippen molar-refractivity contribution in [1.82, 2.24) is 4.98 Å². The molecule has 0 radical (unpaired) electrons. The quantitative estimate of drug-likeness (QED) is 0.392. The molecule has 0 saturated carbocycles. The summed E-state index contributed by atoms with van der Waals surface area (Å²) in [4.78, 5) is 16.1. The van der Waals surface area contributed by atoms with Crippen molar-refractivity contribution >= 4 is 33.4 Å². The fourth-order valence-electron chi connectivity index (χ4n) is 3.64. The molecule has 0 saturated heterocycles. The van der Waals surface area contributed by atoms with E-state index < -0.39 is 0 Å². The summed E-state index contributed by atoms with van der Waals surface area (Å²) >= 11 is 0. The van der Waals surface area contributed by atoms with Crippen LogP contribution in [0.2, 0.25) is 0 Å². The summed E-state index contributed by atoms with van der Waals surface area (Å²) in [7, 11) is 0. The first-order valence-corrected chi connectivity index (χ1v) is 9.26. The van der Waals surface area contributed by atoms with E-state index in [2.05, 4.69) is 46.7 Å². The lowest BCUT2D eigenvalue weighted by Gasteiger charge is -2.12. The minimum atomic E-state index is -0.110. The Morgan fingerprint density at radius 2 is 1.39 bits per heavy atom. The van der Waals surface area contributed by atoms with E-state index >= 15 is 0 Å². The lowest BCUT2D eigenvalue weighted by molar-refractivity contribution is 0.102. The van der Waals surface area contributed by atoms with Crippen LogP contribution in [0.15, 0.2) is 97.1 Å². The van der Waals surface area contributed by atoms with E-state index in [4.69, 9.17) is 0 Å². The summed E-state index contributed by atoms with van der Waals surface area (Å²) in [6.07, 6.45) is 0. The lowest BCUT2D eigenvalue weighted by Crippen LogP contribution is -2.12. The molecule has 0 fully saturated rings. The molecule has 0 bridgehead atoms. The van der Waals surface area contributed by atoms with Crippen molar-refractivity contribution in [2.75, 3.05) is 5.32 Å². The first-order chi connectivity index (χ1) is 13.8. The van der Waals surface area contributed by atoms with Gasteiger partial charge in [-0.15, -0.1) is 0 Å². The maximum atomic E-state index is 12.6. The van der Waals surface area contributed by atoms with Gasteiger partial charge in [-0.1, -0.05) is 60.7 Å². The highest BCUT2D eigenvalue weighted by atomic mass is 16.1. The smallest absolute Gasteiger partial charge is 0.255 e. The Kier molecular flexibility index (Phi) is 3.91. The number of amides is 1. The Hall–Kier alpha value is -3.85.